The van der Waals surface area contributed by atoms with Crippen LogP contribution in [-0.2, 0) is 9.47 Å². The SMILES string of the molecule is CCCC1CCOC(C)(C2(C)OCCC(CCC)S2)S1. The molecule has 0 amide bonds. The normalized spacial score (nSPS) is 42.6. The summed E-state index contributed by atoms with van der Waals surface area (Å²) in [6.45, 7) is 10.8. The third kappa shape index (κ3) is 3.68. The van der Waals surface area contributed by atoms with Crippen molar-refractivity contribution in [3.8, 4) is 0 Å². The molecule has 2 nitrogen and oxygen atoms in total. The lowest BCUT2D eigenvalue weighted by Crippen LogP contribution is -2.54. The number of hydrogen-bond acceptors (Lipinski definition) is 4. The molecule has 0 aliphatic carbocycles. The van der Waals surface area contributed by atoms with E-state index in [4.69, 9.17) is 9.47 Å². The van der Waals surface area contributed by atoms with Gasteiger partial charge in [-0.05, 0) is 39.5 Å². The highest BCUT2D eigenvalue weighted by atomic mass is 32.2. The second-order valence-corrected chi connectivity index (χ2v) is 9.59. The molecule has 0 saturated carbocycles. The Morgan fingerprint density at radius 2 is 1.25 bits per heavy atom. The fourth-order valence-corrected chi connectivity index (χ4v) is 6.66. The van der Waals surface area contributed by atoms with E-state index in [0.717, 1.165) is 23.7 Å². The van der Waals surface area contributed by atoms with Crippen molar-refractivity contribution in [2.75, 3.05) is 13.2 Å². The summed E-state index contributed by atoms with van der Waals surface area (Å²) in [4.78, 5) is -0.412. The van der Waals surface area contributed by atoms with Crippen LogP contribution in [0.3, 0.4) is 0 Å². The Kier molecular flexibility index (Phi) is 6.16. The van der Waals surface area contributed by atoms with Crippen LogP contribution in [0.2, 0.25) is 0 Å². The summed E-state index contributed by atoms with van der Waals surface area (Å²) in [5, 5.41) is 1.46. The van der Waals surface area contributed by atoms with Gasteiger partial charge in [-0.25, -0.2) is 0 Å². The maximum absolute atomic E-state index is 6.23. The fraction of sp³-hybridized carbons (Fsp3) is 1.00. The minimum absolute atomic E-state index is 0.206. The number of thioether (sulfide) groups is 2. The number of ether oxygens (including phenoxy) is 2. The van der Waals surface area contributed by atoms with E-state index in [-0.39, 0.29) is 9.87 Å². The molecule has 4 atom stereocenters. The molecule has 20 heavy (non-hydrogen) atoms. The van der Waals surface area contributed by atoms with Gasteiger partial charge in [-0.3, -0.25) is 0 Å². The molecule has 0 aromatic carbocycles. The van der Waals surface area contributed by atoms with E-state index >= 15 is 0 Å². The van der Waals surface area contributed by atoms with Crippen LogP contribution in [0.15, 0.2) is 0 Å². The summed E-state index contributed by atoms with van der Waals surface area (Å²) in [5.41, 5.74) is 0. The zero-order chi connectivity index (χ0) is 14.6. The average molecular weight is 319 g/mol. The van der Waals surface area contributed by atoms with E-state index in [0.29, 0.717) is 0 Å². The van der Waals surface area contributed by atoms with Crippen molar-refractivity contribution in [3.63, 3.8) is 0 Å². The molecule has 0 N–H and O–H groups in total. The van der Waals surface area contributed by atoms with Gasteiger partial charge in [-0.1, -0.05) is 26.7 Å². The Labute approximate surface area is 133 Å². The van der Waals surface area contributed by atoms with Gasteiger partial charge in [0.05, 0.1) is 0 Å². The quantitative estimate of drug-likeness (QED) is 0.704. The first-order chi connectivity index (χ1) is 9.53. The van der Waals surface area contributed by atoms with E-state index in [1.807, 2.05) is 23.5 Å². The molecular formula is C16H30O2S2. The van der Waals surface area contributed by atoms with Crippen LogP contribution in [0.1, 0.15) is 66.2 Å². The van der Waals surface area contributed by atoms with Gasteiger partial charge in [0.25, 0.3) is 0 Å². The predicted octanol–water partition coefficient (Wildman–Crippen LogP) is 5.06. The van der Waals surface area contributed by atoms with Crippen molar-refractivity contribution in [2.24, 2.45) is 0 Å². The highest BCUT2D eigenvalue weighted by Gasteiger charge is 2.53. The van der Waals surface area contributed by atoms with E-state index in [2.05, 4.69) is 27.7 Å². The van der Waals surface area contributed by atoms with Gasteiger partial charge in [-0.2, -0.15) is 0 Å². The van der Waals surface area contributed by atoms with Crippen molar-refractivity contribution >= 4 is 23.5 Å². The van der Waals surface area contributed by atoms with Crippen molar-refractivity contribution in [2.45, 2.75) is 86.6 Å². The second kappa shape index (κ2) is 7.26. The molecule has 4 unspecified atom stereocenters. The topological polar surface area (TPSA) is 18.5 Å². The minimum Gasteiger partial charge on any atom is -0.361 e. The standard InChI is InChI=1S/C16H30O2S2/c1-5-7-13-9-11-17-15(3,19-13)16(4)18-12-10-14(20-16)8-6-2/h13-14H,5-12H2,1-4H3. The molecule has 2 rings (SSSR count). The van der Waals surface area contributed by atoms with Crippen LogP contribution >= 0.6 is 23.5 Å². The highest BCUT2D eigenvalue weighted by molar-refractivity contribution is 8.05. The van der Waals surface area contributed by atoms with Crippen molar-refractivity contribution < 1.29 is 9.47 Å². The van der Waals surface area contributed by atoms with Crippen molar-refractivity contribution in [3.05, 3.63) is 0 Å². The molecular weight excluding hydrogens is 288 g/mol. The molecule has 0 spiro atoms. The fourth-order valence-electron chi connectivity index (χ4n) is 3.12. The zero-order valence-corrected chi connectivity index (χ0v) is 15.1. The van der Waals surface area contributed by atoms with Gasteiger partial charge >= 0.3 is 0 Å². The maximum Gasteiger partial charge on any atom is 0.149 e. The Bertz CT molecular complexity index is 279. The van der Waals surface area contributed by atoms with Crippen LogP contribution < -0.4 is 0 Å². The van der Waals surface area contributed by atoms with Crippen LogP contribution in [-0.4, -0.2) is 33.6 Å². The molecule has 0 aromatic heterocycles. The first kappa shape index (κ1) is 17.0. The molecule has 2 aliphatic heterocycles. The van der Waals surface area contributed by atoms with Crippen molar-refractivity contribution in [1.82, 2.24) is 0 Å². The molecule has 0 bridgehead atoms. The second-order valence-electron chi connectivity index (χ2n) is 6.22. The monoisotopic (exact) mass is 318 g/mol. The maximum atomic E-state index is 6.23. The summed E-state index contributed by atoms with van der Waals surface area (Å²) in [6, 6.07) is 0. The highest BCUT2D eigenvalue weighted by Crippen LogP contribution is 2.54. The lowest BCUT2D eigenvalue weighted by atomic mass is 10.1. The summed E-state index contributed by atoms with van der Waals surface area (Å²) < 4.78 is 12.5. The smallest absolute Gasteiger partial charge is 0.149 e. The summed E-state index contributed by atoms with van der Waals surface area (Å²) in [6.07, 6.45) is 7.49. The molecule has 0 radical (unpaired) electrons. The molecule has 2 heterocycles. The third-order valence-electron chi connectivity index (χ3n) is 4.46. The van der Waals surface area contributed by atoms with Crippen LogP contribution in [0.4, 0.5) is 0 Å². The molecule has 2 fully saturated rings. The molecule has 0 aromatic rings. The van der Waals surface area contributed by atoms with E-state index < -0.39 is 0 Å². The third-order valence-corrected chi connectivity index (χ3v) is 8.12. The van der Waals surface area contributed by atoms with Gasteiger partial charge in [0.1, 0.15) is 9.87 Å². The van der Waals surface area contributed by atoms with Gasteiger partial charge in [0.2, 0.25) is 0 Å². The predicted molar refractivity (Wildman–Crippen MR) is 90.5 cm³/mol. The van der Waals surface area contributed by atoms with E-state index in [9.17, 15) is 0 Å². The summed E-state index contributed by atoms with van der Waals surface area (Å²) in [5.74, 6) is 0. The van der Waals surface area contributed by atoms with Gasteiger partial charge in [0.15, 0.2) is 0 Å². The van der Waals surface area contributed by atoms with Crippen LogP contribution in [0.25, 0.3) is 0 Å². The van der Waals surface area contributed by atoms with E-state index in [1.54, 1.807) is 0 Å². The first-order valence-corrected chi connectivity index (χ1v) is 9.92. The van der Waals surface area contributed by atoms with Gasteiger partial charge < -0.3 is 9.47 Å². The minimum atomic E-state index is -0.206. The first-order valence-electron chi connectivity index (χ1n) is 8.16. The van der Waals surface area contributed by atoms with Crippen LogP contribution in [0, 0.1) is 0 Å². The largest absolute Gasteiger partial charge is 0.361 e. The Balaban J connectivity index is 2.06. The molecule has 2 saturated heterocycles. The van der Waals surface area contributed by atoms with Gasteiger partial charge in [0, 0.05) is 23.7 Å². The van der Waals surface area contributed by atoms with Crippen LogP contribution in [0.5, 0.6) is 0 Å². The Morgan fingerprint density at radius 1 is 0.850 bits per heavy atom. The summed E-state index contributed by atoms with van der Waals surface area (Å²) in [7, 11) is 0. The molecule has 118 valence electrons. The van der Waals surface area contributed by atoms with Crippen molar-refractivity contribution in [1.29, 1.82) is 0 Å². The molecule has 2 aliphatic rings. The average Bonchev–Trinajstić information content (AvgIpc) is 2.39. The zero-order valence-electron chi connectivity index (χ0n) is 13.4. The lowest BCUT2D eigenvalue weighted by molar-refractivity contribution is -0.107. The van der Waals surface area contributed by atoms with Gasteiger partial charge in [-0.15, -0.1) is 23.5 Å². The lowest BCUT2D eigenvalue weighted by Gasteiger charge is -2.51. The Hall–Kier alpha value is 0.620. The van der Waals surface area contributed by atoms with E-state index in [1.165, 1.54) is 38.5 Å². The summed E-state index contributed by atoms with van der Waals surface area (Å²) >= 11 is 4.03. The molecule has 4 heteroatoms. The number of hydrogen-bond donors (Lipinski definition) is 0. The Morgan fingerprint density at radius 3 is 1.60 bits per heavy atom. The number of rotatable bonds is 5.